The van der Waals surface area contributed by atoms with Crippen molar-refractivity contribution >= 4 is 11.3 Å². The van der Waals surface area contributed by atoms with E-state index in [1.807, 2.05) is 49.8 Å². The maximum Gasteiger partial charge on any atom is 0.165 e. The molecule has 0 saturated heterocycles. The third-order valence-electron chi connectivity index (χ3n) is 3.86. The van der Waals surface area contributed by atoms with Gasteiger partial charge in [-0.15, -0.1) is 11.3 Å². The average molecular weight is 372 g/mol. The zero-order valence-corrected chi connectivity index (χ0v) is 15.8. The second kappa shape index (κ2) is 8.29. The molecule has 0 spiro atoms. The second-order valence-corrected chi connectivity index (χ2v) is 6.92. The number of nitrogens with zero attached hydrogens (tertiary/aromatic N) is 2. The van der Waals surface area contributed by atoms with Crippen LogP contribution in [0, 0.1) is 5.82 Å². The van der Waals surface area contributed by atoms with Crippen LogP contribution >= 0.6 is 11.3 Å². The van der Waals surface area contributed by atoms with Gasteiger partial charge in [0.1, 0.15) is 17.4 Å². The van der Waals surface area contributed by atoms with Crippen LogP contribution in [0.1, 0.15) is 0 Å². The van der Waals surface area contributed by atoms with Crippen molar-refractivity contribution in [2.75, 3.05) is 34.4 Å². The molecule has 3 rings (SSSR count). The summed E-state index contributed by atoms with van der Waals surface area (Å²) in [6, 6.07) is 12.7. The average Bonchev–Trinajstić information content (AvgIpc) is 3.12. The Hall–Kier alpha value is -2.44. The first-order valence-electron chi connectivity index (χ1n) is 8.24. The van der Waals surface area contributed by atoms with Crippen LogP contribution in [-0.4, -0.2) is 44.2 Å². The van der Waals surface area contributed by atoms with Crippen LogP contribution in [0.4, 0.5) is 4.39 Å². The summed E-state index contributed by atoms with van der Waals surface area (Å²) in [6.07, 6.45) is 0. The van der Waals surface area contributed by atoms with Gasteiger partial charge in [0.15, 0.2) is 11.6 Å². The number of aromatic nitrogens is 1. The quantitative estimate of drug-likeness (QED) is 0.609. The van der Waals surface area contributed by atoms with Crippen molar-refractivity contribution in [2.45, 2.75) is 0 Å². The number of methoxy groups -OCH3 is 1. The Morgan fingerprint density at radius 2 is 1.81 bits per heavy atom. The van der Waals surface area contributed by atoms with Gasteiger partial charge in [-0.2, -0.15) is 0 Å². The van der Waals surface area contributed by atoms with E-state index in [2.05, 4.69) is 9.88 Å². The fourth-order valence-corrected chi connectivity index (χ4v) is 3.24. The van der Waals surface area contributed by atoms with E-state index in [1.54, 1.807) is 6.07 Å². The number of hydrogen-bond donors (Lipinski definition) is 0. The molecule has 0 bridgehead atoms. The Balaban J connectivity index is 1.72. The smallest absolute Gasteiger partial charge is 0.165 e. The highest BCUT2D eigenvalue weighted by Crippen LogP contribution is 2.31. The largest absolute Gasteiger partial charge is 0.494 e. The summed E-state index contributed by atoms with van der Waals surface area (Å²) < 4.78 is 24.6. The molecule has 0 N–H and O–H groups in total. The van der Waals surface area contributed by atoms with E-state index >= 15 is 0 Å². The van der Waals surface area contributed by atoms with Crippen LogP contribution in [-0.2, 0) is 0 Å². The molecule has 0 aliphatic rings. The number of likely N-dealkylation sites (N-methyl/N-ethyl adjacent to an activating group) is 1. The highest BCUT2D eigenvalue weighted by molar-refractivity contribution is 7.13. The van der Waals surface area contributed by atoms with Crippen molar-refractivity contribution in [2.24, 2.45) is 0 Å². The van der Waals surface area contributed by atoms with E-state index in [0.717, 1.165) is 34.1 Å². The molecule has 6 heteroatoms. The lowest BCUT2D eigenvalue weighted by atomic mass is 10.1. The van der Waals surface area contributed by atoms with E-state index < -0.39 is 5.82 Å². The Kier molecular flexibility index (Phi) is 5.85. The van der Waals surface area contributed by atoms with Crippen molar-refractivity contribution in [3.63, 3.8) is 0 Å². The first kappa shape index (κ1) is 18.4. The second-order valence-electron chi connectivity index (χ2n) is 6.06. The van der Waals surface area contributed by atoms with Crippen LogP contribution in [0.25, 0.3) is 21.8 Å². The Morgan fingerprint density at radius 1 is 1.08 bits per heavy atom. The zero-order valence-electron chi connectivity index (χ0n) is 15.0. The van der Waals surface area contributed by atoms with E-state index in [9.17, 15) is 4.39 Å². The lowest BCUT2D eigenvalue weighted by Gasteiger charge is -2.11. The van der Waals surface area contributed by atoms with E-state index in [-0.39, 0.29) is 5.75 Å². The molecule has 1 aromatic heterocycles. The van der Waals surface area contributed by atoms with Crippen molar-refractivity contribution < 1.29 is 13.9 Å². The van der Waals surface area contributed by atoms with Crippen LogP contribution in [0.2, 0.25) is 0 Å². The summed E-state index contributed by atoms with van der Waals surface area (Å²) >= 11 is 1.53. The molecule has 0 aliphatic carbocycles. The first-order valence-corrected chi connectivity index (χ1v) is 9.12. The number of thiazole rings is 1. The molecule has 0 saturated carbocycles. The van der Waals surface area contributed by atoms with Crippen LogP contribution in [0.15, 0.2) is 47.8 Å². The molecular formula is C20H21FN2O2S. The molecule has 0 fully saturated rings. The SMILES string of the molecule is COc1ccc(-c2csc(-c3ccc(OCCN(C)C)cc3)n2)cc1F. The highest BCUT2D eigenvalue weighted by Gasteiger charge is 2.10. The van der Waals surface area contributed by atoms with Crippen molar-refractivity contribution in [3.05, 3.63) is 53.7 Å². The number of halogens is 1. The molecule has 0 amide bonds. The normalized spacial score (nSPS) is 11.0. The van der Waals surface area contributed by atoms with Gasteiger partial charge in [0.2, 0.25) is 0 Å². The third-order valence-corrected chi connectivity index (χ3v) is 4.75. The zero-order chi connectivity index (χ0) is 18.5. The fraction of sp³-hybridized carbons (Fsp3) is 0.250. The number of hydrogen-bond acceptors (Lipinski definition) is 5. The Morgan fingerprint density at radius 3 is 2.46 bits per heavy atom. The Labute approximate surface area is 156 Å². The van der Waals surface area contributed by atoms with E-state index in [4.69, 9.17) is 9.47 Å². The molecule has 1 heterocycles. The number of benzene rings is 2. The Bertz CT molecular complexity index is 863. The lowest BCUT2D eigenvalue weighted by Crippen LogP contribution is -2.19. The monoisotopic (exact) mass is 372 g/mol. The van der Waals surface area contributed by atoms with E-state index in [1.165, 1.54) is 24.5 Å². The van der Waals surface area contributed by atoms with Gasteiger partial charge in [-0.1, -0.05) is 0 Å². The van der Waals surface area contributed by atoms with Crippen molar-refractivity contribution in [3.8, 4) is 33.3 Å². The summed E-state index contributed by atoms with van der Waals surface area (Å²) in [5.41, 5.74) is 2.49. The molecule has 0 radical (unpaired) electrons. The van der Waals surface area contributed by atoms with Gasteiger partial charge in [0, 0.05) is 23.1 Å². The van der Waals surface area contributed by atoms with Crippen LogP contribution in [0.3, 0.4) is 0 Å². The van der Waals surface area contributed by atoms with E-state index in [0.29, 0.717) is 6.61 Å². The van der Waals surface area contributed by atoms with Gasteiger partial charge in [0.05, 0.1) is 12.8 Å². The molecular weight excluding hydrogens is 351 g/mol. The number of rotatable bonds is 7. The summed E-state index contributed by atoms with van der Waals surface area (Å²) in [5.74, 6) is 0.678. The fourth-order valence-electron chi connectivity index (χ4n) is 2.40. The predicted molar refractivity (Wildman–Crippen MR) is 104 cm³/mol. The summed E-state index contributed by atoms with van der Waals surface area (Å²) in [4.78, 5) is 6.70. The minimum atomic E-state index is -0.390. The summed E-state index contributed by atoms with van der Waals surface area (Å²) in [5, 5.41) is 2.81. The van der Waals surface area contributed by atoms with Gasteiger partial charge in [-0.05, 0) is 56.6 Å². The molecule has 0 unspecified atom stereocenters. The summed E-state index contributed by atoms with van der Waals surface area (Å²) in [7, 11) is 5.48. The first-order chi connectivity index (χ1) is 12.6. The maximum atomic E-state index is 13.9. The molecule has 26 heavy (non-hydrogen) atoms. The third kappa shape index (κ3) is 4.39. The molecule has 0 aliphatic heterocycles. The minimum Gasteiger partial charge on any atom is -0.494 e. The molecule has 0 atom stereocenters. The molecule has 4 nitrogen and oxygen atoms in total. The minimum absolute atomic E-state index is 0.231. The van der Waals surface area contributed by atoms with Gasteiger partial charge >= 0.3 is 0 Å². The van der Waals surface area contributed by atoms with Gasteiger partial charge < -0.3 is 14.4 Å². The van der Waals surface area contributed by atoms with Crippen molar-refractivity contribution in [1.29, 1.82) is 0 Å². The topological polar surface area (TPSA) is 34.6 Å². The number of ether oxygens (including phenoxy) is 2. The standard InChI is InChI=1S/C20H21FN2O2S/c1-23(2)10-11-25-16-7-4-14(5-8-16)20-22-18(13-26-20)15-6-9-19(24-3)17(21)12-15/h4-9,12-13H,10-11H2,1-3H3. The van der Waals surface area contributed by atoms with Crippen LogP contribution < -0.4 is 9.47 Å². The van der Waals surface area contributed by atoms with Gasteiger partial charge in [-0.25, -0.2) is 9.37 Å². The van der Waals surface area contributed by atoms with Crippen molar-refractivity contribution in [1.82, 2.24) is 9.88 Å². The lowest BCUT2D eigenvalue weighted by molar-refractivity contribution is 0.261. The molecule has 3 aromatic rings. The summed E-state index contributed by atoms with van der Waals surface area (Å²) in [6.45, 7) is 1.52. The van der Waals surface area contributed by atoms with Gasteiger partial charge in [-0.3, -0.25) is 0 Å². The predicted octanol–water partition coefficient (Wildman–Crippen LogP) is 4.57. The maximum absolute atomic E-state index is 13.9. The highest BCUT2D eigenvalue weighted by atomic mass is 32.1. The van der Waals surface area contributed by atoms with Gasteiger partial charge in [0.25, 0.3) is 0 Å². The van der Waals surface area contributed by atoms with Crippen LogP contribution in [0.5, 0.6) is 11.5 Å². The molecule has 2 aromatic carbocycles. The molecule has 136 valence electrons.